The maximum absolute atomic E-state index is 2.26. The van der Waals surface area contributed by atoms with Crippen molar-refractivity contribution in [2.45, 2.75) is 39.8 Å². The zero-order valence-electron chi connectivity index (χ0n) is 14.7. The van der Waals surface area contributed by atoms with Gasteiger partial charge in [0.1, 0.15) is 0 Å². The van der Waals surface area contributed by atoms with Crippen LogP contribution in [0.1, 0.15) is 36.1 Å². The minimum Gasteiger partial charge on any atom is -0.0735 e. The number of fused-ring (bicyclic) bond motifs is 2. The summed E-state index contributed by atoms with van der Waals surface area (Å²) in [7, 11) is 1.08. The molecule has 0 N–H and O–H groups in total. The van der Waals surface area contributed by atoms with Crippen molar-refractivity contribution < 1.29 is 0 Å². The largest absolute Gasteiger partial charge is 0.0735 e. The number of hydrogen-bond acceptors (Lipinski definition) is 0. The van der Waals surface area contributed by atoms with Gasteiger partial charge in [-0.2, -0.15) is 0 Å². The van der Waals surface area contributed by atoms with Gasteiger partial charge >= 0.3 is 0 Å². The van der Waals surface area contributed by atoms with E-state index in [-0.39, 0.29) is 0 Å². The molecule has 1 heteroatoms. The molecule has 2 aliphatic carbocycles. The molecule has 0 bridgehead atoms. The van der Waals surface area contributed by atoms with E-state index in [4.69, 9.17) is 0 Å². The summed E-state index contributed by atoms with van der Waals surface area (Å²) in [6.07, 6.45) is 6.82. The fourth-order valence-electron chi connectivity index (χ4n) is 2.91. The van der Waals surface area contributed by atoms with Gasteiger partial charge in [0.15, 0.2) is 0 Å². The summed E-state index contributed by atoms with van der Waals surface area (Å²) in [6.45, 7) is 8.67. The van der Waals surface area contributed by atoms with Crippen molar-refractivity contribution in [1.82, 2.24) is 0 Å². The van der Waals surface area contributed by atoms with Crippen molar-refractivity contribution in [3.05, 3.63) is 81.9 Å². The molecule has 0 heterocycles. The van der Waals surface area contributed by atoms with E-state index in [1.807, 2.05) is 0 Å². The van der Waals surface area contributed by atoms with E-state index in [2.05, 4.69) is 87.6 Å². The molecule has 0 unspecified atom stereocenters. The van der Waals surface area contributed by atoms with Crippen LogP contribution in [0.2, 0.25) is 13.1 Å². The third-order valence-corrected chi connectivity index (χ3v) is 3.85. The van der Waals surface area contributed by atoms with Gasteiger partial charge in [-0.1, -0.05) is 84.9 Å². The molecule has 0 spiro atoms. The first-order valence-electron chi connectivity index (χ1n) is 8.22. The SMILES string of the molecule is CC1=Cc2ccccc2C1.CC1=Cc2ccccc2C1.C[Si]C. The van der Waals surface area contributed by atoms with Gasteiger partial charge < -0.3 is 0 Å². The summed E-state index contributed by atoms with van der Waals surface area (Å²) in [5.74, 6) is 0. The van der Waals surface area contributed by atoms with Crippen LogP contribution in [-0.4, -0.2) is 9.52 Å². The molecule has 0 saturated heterocycles. The summed E-state index contributed by atoms with van der Waals surface area (Å²) in [4.78, 5) is 0. The van der Waals surface area contributed by atoms with Crippen molar-refractivity contribution in [1.29, 1.82) is 0 Å². The summed E-state index contributed by atoms with van der Waals surface area (Å²) in [5.41, 5.74) is 8.70. The van der Waals surface area contributed by atoms with E-state index < -0.39 is 0 Å². The molecule has 0 aliphatic heterocycles. The molecule has 118 valence electrons. The van der Waals surface area contributed by atoms with Gasteiger partial charge in [-0.3, -0.25) is 0 Å². The van der Waals surface area contributed by atoms with Crippen LogP contribution in [0.25, 0.3) is 12.2 Å². The molecular formula is C22H26Si. The van der Waals surface area contributed by atoms with E-state index in [9.17, 15) is 0 Å². The highest BCUT2D eigenvalue weighted by Crippen LogP contribution is 2.24. The molecule has 0 saturated carbocycles. The molecule has 0 atom stereocenters. The van der Waals surface area contributed by atoms with Crippen LogP contribution in [0.15, 0.2) is 59.7 Å². The zero-order valence-corrected chi connectivity index (χ0v) is 15.7. The Hall–Kier alpha value is -1.86. The van der Waals surface area contributed by atoms with Gasteiger partial charge in [0.05, 0.1) is 0 Å². The lowest BCUT2D eigenvalue weighted by molar-refractivity contribution is 1.20. The third-order valence-electron chi connectivity index (χ3n) is 3.85. The van der Waals surface area contributed by atoms with E-state index in [1.165, 1.54) is 33.4 Å². The highest BCUT2D eigenvalue weighted by atomic mass is 28.2. The van der Waals surface area contributed by atoms with Gasteiger partial charge in [-0.15, -0.1) is 0 Å². The summed E-state index contributed by atoms with van der Waals surface area (Å²) < 4.78 is 0. The normalized spacial score (nSPS) is 13.6. The number of hydrogen-bond donors (Lipinski definition) is 0. The number of rotatable bonds is 0. The van der Waals surface area contributed by atoms with Gasteiger partial charge in [-0.25, -0.2) is 0 Å². The Morgan fingerprint density at radius 3 is 1.35 bits per heavy atom. The molecule has 2 aromatic carbocycles. The molecule has 0 nitrogen and oxygen atoms in total. The average Bonchev–Trinajstić information content (AvgIpc) is 3.08. The molecule has 2 radical (unpaired) electrons. The van der Waals surface area contributed by atoms with Crippen molar-refractivity contribution in [3.8, 4) is 0 Å². The topological polar surface area (TPSA) is 0 Å². The Kier molecular flexibility index (Phi) is 6.61. The minimum atomic E-state index is 1.08. The van der Waals surface area contributed by atoms with Crippen molar-refractivity contribution in [2.75, 3.05) is 0 Å². The van der Waals surface area contributed by atoms with E-state index in [0.29, 0.717) is 0 Å². The predicted molar refractivity (Wildman–Crippen MR) is 105 cm³/mol. The Balaban J connectivity index is 0.000000143. The van der Waals surface area contributed by atoms with Crippen molar-refractivity contribution in [2.24, 2.45) is 0 Å². The lowest BCUT2D eigenvalue weighted by Gasteiger charge is -1.93. The van der Waals surface area contributed by atoms with E-state index in [0.717, 1.165) is 22.4 Å². The van der Waals surface area contributed by atoms with E-state index in [1.54, 1.807) is 0 Å². The van der Waals surface area contributed by atoms with Gasteiger partial charge in [0, 0.05) is 9.52 Å². The summed E-state index contributed by atoms with van der Waals surface area (Å²) >= 11 is 0. The first kappa shape index (κ1) is 17.5. The first-order valence-corrected chi connectivity index (χ1v) is 10.2. The summed E-state index contributed by atoms with van der Waals surface area (Å²) in [5, 5.41) is 0. The van der Waals surface area contributed by atoms with Crippen LogP contribution in [0.4, 0.5) is 0 Å². The molecular weight excluding hydrogens is 292 g/mol. The zero-order chi connectivity index (χ0) is 16.7. The van der Waals surface area contributed by atoms with Crippen LogP contribution in [0, 0.1) is 0 Å². The molecule has 0 aromatic heterocycles. The van der Waals surface area contributed by atoms with Gasteiger partial charge in [-0.05, 0) is 48.9 Å². The van der Waals surface area contributed by atoms with Crippen molar-refractivity contribution >= 4 is 21.7 Å². The molecule has 2 aromatic rings. The quantitative estimate of drug-likeness (QED) is 0.516. The second-order valence-corrected chi connectivity index (χ2v) is 7.23. The Morgan fingerprint density at radius 1 is 0.652 bits per heavy atom. The number of allylic oxidation sites excluding steroid dienone is 2. The third kappa shape index (κ3) is 5.07. The summed E-state index contributed by atoms with van der Waals surface area (Å²) in [6, 6.07) is 17.1. The Morgan fingerprint density at radius 2 is 1.00 bits per heavy atom. The van der Waals surface area contributed by atoms with Crippen LogP contribution >= 0.6 is 0 Å². The molecule has 2 aliphatic rings. The maximum atomic E-state index is 2.26. The molecule has 23 heavy (non-hydrogen) atoms. The fourth-order valence-corrected chi connectivity index (χ4v) is 2.91. The van der Waals surface area contributed by atoms with Crippen LogP contribution in [-0.2, 0) is 12.8 Å². The molecule has 4 rings (SSSR count). The standard InChI is InChI=1S/2C10H10.C2H6Si/c2*1-8-6-9-4-2-3-5-10(9)7-8;1-3-2/h2*2-6H,7H2,1H3;1-2H3. The molecule has 0 fully saturated rings. The van der Waals surface area contributed by atoms with Crippen LogP contribution in [0.3, 0.4) is 0 Å². The molecule has 0 amide bonds. The van der Waals surface area contributed by atoms with Crippen LogP contribution < -0.4 is 0 Å². The van der Waals surface area contributed by atoms with Gasteiger partial charge in [0.25, 0.3) is 0 Å². The van der Waals surface area contributed by atoms with Crippen molar-refractivity contribution in [3.63, 3.8) is 0 Å². The lowest BCUT2D eigenvalue weighted by atomic mass is 10.1. The Labute approximate surface area is 143 Å². The Bertz CT molecular complexity index is 646. The second-order valence-electron chi connectivity index (χ2n) is 6.23. The highest BCUT2D eigenvalue weighted by molar-refractivity contribution is 6.31. The monoisotopic (exact) mass is 318 g/mol. The second kappa shape index (κ2) is 8.69. The van der Waals surface area contributed by atoms with E-state index >= 15 is 0 Å². The first-order chi connectivity index (χ1) is 11.1. The van der Waals surface area contributed by atoms with Gasteiger partial charge in [0.2, 0.25) is 0 Å². The predicted octanol–water partition coefficient (Wildman–Crippen LogP) is 6.08. The van der Waals surface area contributed by atoms with Crippen LogP contribution in [0.5, 0.6) is 0 Å². The fraction of sp³-hybridized carbons (Fsp3) is 0.273. The number of benzene rings is 2. The lowest BCUT2D eigenvalue weighted by Crippen LogP contribution is -1.79. The maximum Gasteiger partial charge on any atom is 0.0307 e. The average molecular weight is 319 g/mol. The highest BCUT2D eigenvalue weighted by Gasteiger charge is 2.07. The minimum absolute atomic E-state index is 1.08. The smallest absolute Gasteiger partial charge is 0.0307 e.